The van der Waals surface area contributed by atoms with Crippen LogP contribution in [0.15, 0.2) is 21.6 Å². The summed E-state index contributed by atoms with van der Waals surface area (Å²) in [6.07, 6.45) is 7.75. The molecule has 71 valence electrons. The van der Waals surface area contributed by atoms with Gasteiger partial charge in [0.1, 0.15) is 0 Å². The Kier molecular flexibility index (Phi) is 33.9. The maximum absolute atomic E-state index is 7.00. The van der Waals surface area contributed by atoms with Crippen LogP contribution in [-0.4, -0.2) is 36.6 Å². The third-order valence-electron chi connectivity index (χ3n) is 0.771. The molecule has 3 N–H and O–H groups in total. The van der Waals surface area contributed by atoms with Gasteiger partial charge in [0.05, 0.1) is 0 Å². The van der Waals surface area contributed by atoms with Gasteiger partial charge >= 0.3 is 52.4 Å². The quantitative estimate of drug-likeness (QED) is 0.553. The minimum absolute atomic E-state index is 1.00. The normalized spacial score (nSPS) is 10.6. The van der Waals surface area contributed by atoms with E-state index in [2.05, 4.69) is 18.2 Å². The Hall–Kier alpha value is 0.230. The van der Waals surface area contributed by atoms with E-state index < -0.39 is 0 Å². The number of hydrogen-bond donors (Lipinski definition) is 3. The first-order chi connectivity index (χ1) is 5.89. The van der Waals surface area contributed by atoms with Gasteiger partial charge in [-0.3, -0.25) is 0 Å². The Labute approximate surface area is 89.0 Å². The Morgan fingerprint density at radius 2 is 1.50 bits per heavy atom. The second-order valence-corrected chi connectivity index (χ2v) is 3.63. The first-order valence-corrected chi connectivity index (χ1v) is 5.11. The van der Waals surface area contributed by atoms with Crippen molar-refractivity contribution >= 4 is 0 Å². The van der Waals surface area contributed by atoms with Crippen LogP contribution in [0, 0.1) is 0 Å². The second kappa shape index (κ2) is 22.5. The molecule has 0 aromatic carbocycles. The molecule has 0 spiro atoms. The molecule has 0 unspecified atom stereocenters. The molecule has 12 heavy (non-hydrogen) atoms. The molecule has 0 radical (unpaired) electrons. The summed E-state index contributed by atoms with van der Waals surface area (Å²) in [5, 5.41) is 21.0. The Morgan fingerprint density at radius 1 is 1.08 bits per heavy atom. The summed E-state index contributed by atoms with van der Waals surface area (Å²) in [4.78, 5) is 0. The average Bonchev–Trinajstić information content (AvgIpc) is 2.66. The van der Waals surface area contributed by atoms with Gasteiger partial charge in [-0.2, -0.15) is 0 Å². The number of rotatable bonds is 0. The van der Waals surface area contributed by atoms with Gasteiger partial charge in [0.2, 0.25) is 0 Å². The van der Waals surface area contributed by atoms with E-state index in [1.54, 1.807) is 3.33 Å². The predicted molar refractivity (Wildman–Crippen MR) is 46.3 cm³/mol. The SMILES string of the molecule is CO.CO.CO.[Hf][C]1=CC=CC1. The Balaban J connectivity index is -0.000000117. The van der Waals surface area contributed by atoms with Crippen molar-refractivity contribution in [1.29, 1.82) is 0 Å². The van der Waals surface area contributed by atoms with Gasteiger partial charge in [-0.25, -0.2) is 0 Å². The molecule has 0 aliphatic heterocycles. The Morgan fingerprint density at radius 3 is 1.58 bits per heavy atom. The van der Waals surface area contributed by atoms with E-state index in [0.717, 1.165) is 21.3 Å². The molecule has 0 amide bonds. The van der Waals surface area contributed by atoms with E-state index in [-0.39, 0.29) is 0 Å². The Bertz CT molecular complexity index is 111. The third kappa shape index (κ3) is 16.7. The monoisotopic (exact) mass is 341 g/mol. The van der Waals surface area contributed by atoms with Crippen LogP contribution in [0.4, 0.5) is 0 Å². The van der Waals surface area contributed by atoms with Crippen LogP contribution in [0.2, 0.25) is 0 Å². The van der Waals surface area contributed by atoms with Crippen LogP contribution in [0.5, 0.6) is 0 Å². The molecule has 0 aromatic heterocycles. The van der Waals surface area contributed by atoms with Crippen molar-refractivity contribution in [2.45, 2.75) is 6.42 Å². The van der Waals surface area contributed by atoms with Crippen LogP contribution in [0.1, 0.15) is 6.42 Å². The van der Waals surface area contributed by atoms with Gasteiger partial charge < -0.3 is 15.3 Å². The van der Waals surface area contributed by atoms with E-state index in [1.807, 2.05) is 0 Å². The fraction of sp³-hybridized carbons (Fsp3) is 0.500. The summed E-state index contributed by atoms with van der Waals surface area (Å²) in [7, 11) is 3.00. The van der Waals surface area contributed by atoms with E-state index in [0.29, 0.717) is 0 Å². The van der Waals surface area contributed by atoms with Crippen LogP contribution in [0.3, 0.4) is 0 Å². The number of aliphatic hydroxyl groups excluding tert-OH is 3. The zero-order valence-corrected chi connectivity index (χ0v) is 11.4. The van der Waals surface area contributed by atoms with Crippen molar-refractivity contribution in [3.8, 4) is 0 Å². The van der Waals surface area contributed by atoms with Gasteiger partial charge in [-0.15, -0.1) is 0 Å². The summed E-state index contributed by atoms with van der Waals surface area (Å²) in [5.74, 6) is 0. The summed E-state index contributed by atoms with van der Waals surface area (Å²) in [6, 6.07) is 0. The van der Waals surface area contributed by atoms with Crippen molar-refractivity contribution < 1.29 is 39.7 Å². The molecular formula is C8H17HfO3. The molecule has 1 rings (SSSR count). The van der Waals surface area contributed by atoms with Gasteiger partial charge in [0, 0.05) is 21.3 Å². The molecule has 0 bridgehead atoms. The first-order valence-electron chi connectivity index (χ1n) is 3.31. The number of aliphatic hydroxyl groups is 3. The molecule has 4 heteroatoms. The van der Waals surface area contributed by atoms with Crippen molar-refractivity contribution in [3.63, 3.8) is 0 Å². The van der Waals surface area contributed by atoms with E-state index >= 15 is 0 Å². The molecule has 0 heterocycles. The summed E-state index contributed by atoms with van der Waals surface area (Å²) < 4.78 is 1.61. The summed E-state index contributed by atoms with van der Waals surface area (Å²) >= 11 is 1.25. The van der Waals surface area contributed by atoms with Gasteiger partial charge in [0.15, 0.2) is 0 Å². The molecule has 0 aromatic rings. The second-order valence-electron chi connectivity index (χ2n) is 1.32. The first kappa shape index (κ1) is 18.1. The van der Waals surface area contributed by atoms with Gasteiger partial charge in [0.25, 0.3) is 0 Å². The van der Waals surface area contributed by atoms with Crippen LogP contribution in [0.25, 0.3) is 0 Å². The van der Waals surface area contributed by atoms with E-state index in [9.17, 15) is 0 Å². The zero-order valence-electron chi connectivity index (χ0n) is 7.78. The fourth-order valence-electron chi connectivity index (χ4n) is 0.447. The molecule has 1 aliphatic rings. The molecule has 1 aliphatic carbocycles. The van der Waals surface area contributed by atoms with Gasteiger partial charge in [-0.05, 0) is 0 Å². The van der Waals surface area contributed by atoms with Crippen LogP contribution >= 0.6 is 0 Å². The molecule has 3 nitrogen and oxygen atoms in total. The predicted octanol–water partition coefficient (Wildman–Crippen LogP) is 0.202. The van der Waals surface area contributed by atoms with Crippen LogP contribution < -0.4 is 0 Å². The number of allylic oxidation sites excluding steroid dienone is 4. The fourth-order valence-corrected chi connectivity index (χ4v) is 1.22. The third-order valence-corrected chi connectivity index (χ3v) is 2.10. The van der Waals surface area contributed by atoms with Crippen molar-refractivity contribution in [1.82, 2.24) is 0 Å². The van der Waals surface area contributed by atoms with Crippen LogP contribution in [-0.2, 0) is 24.4 Å². The molecule has 0 saturated heterocycles. The summed E-state index contributed by atoms with van der Waals surface area (Å²) in [5.41, 5.74) is 0. The van der Waals surface area contributed by atoms with Crippen molar-refractivity contribution in [2.75, 3.05) is 21.3 Å². The number of hydrogen-bond acceptors (Lipinski definition) is 3. The van der Waals surface area contributed by atoms with E-state index in [1.165, 1.54) is 30.8 Å². The van der Waals surface area contributed by atoms with E-state index in [4.69, 9.17) is 15.3 Å². The van der Waals surface area contributed by atoms with Crippen molar-refractivity contribution in [2.24, 2.45) is 0 Å². The van der Waals surface area contributed by atoms with Gasteiger partial charge in [-0.1, -0.05) is 0 Å². The molecule has 0 saturated carbocycles. The maximum atomic E-state index is 7.00. The zero-order chi connectivity index (χ0) is 10.4. The standard InChI is InChI=1S/C5H5.3CH4O.Hf/c1-2-4-5-3-1;3*1-2;/h1-3H,4H2;3*2H,1H3;. The molecule has 0 fully saturated rings. The minimum atomic E-state index is 1.00. The molecular weight excluding hydrogens is 323 g/mol. The molecule has 0 atom stereocenters. The topological polar surface area (TPSA) is 60.7 Å². The average molecular weight is 340 g/mol. The summed E-state index contributed by atoms with van der Waals surface area (Å²) in [6.45, 7) is 0. The van der Waals surface area contributed by atoms with Crippen molar-refractivity contribution in [3.05, 3.63) is 21.6 Å².